The molecule has 1 aromatic rings. The molecule has 2 aliphatic rings. The highest BCUT2D eigenvalue weighted by molar-refractivity contribution is 5.92. The lowest BCUT2D eigenvalue weighted by atomic mass is 10.1. The van der Waals surface area contributed by atoms with Gasteiger partial charge in [-0.05, 0) is 59.1 Å². The molecular formula is C16H27ClN4O. The molecule has 2 N–H and O–H groups in total. The average molecular weight is 327 g/mol. The van der Waals surface area contributed by atoms with Crippen molar-refractivity contribution in [1.82, 2.24) is 20.4 Å². The van der Waals surface area contributed by atoms with Crippen LogP contribution in [0.15, 0.2) is 6.07 Å². The van der Waals surface area contributed by atoms with E-state index >= 15 is 0 Å². The van der Waals surface area contributed by atoms with E-state index in [9.17, 15) is 4.79 Å². The molecule has 22 heavy (non-hydrogen) atoms. The van der Waals surface area contributed by atoms with E-state index in [4.69, 9.17) is 0 Å². The van der Waals surface area contributed by atoms with Crippen LogP contribution in [0, 0.1) is 0 Å². The van der Waals surface area contributed by atoms with Crippen molar-refractivity contribution in [2.24, 2.45) is 0 Å². The second-order valence-electron chi connectivity index (χ2n) is 7.33. The van der Waals surface area contributed by atoms with Crippen molar-refractivity contribution in [2.45, 2.75) is 64.0 Å². The lowest BCUT2D eigenvalue weighted by Gasteiger charge is -2.23. The van der Waals surface area contributed by atoms with E-state index in [-0.39, 0.29) is 29.9 Å². The first-order chi connectivity index (χ1) is 9.95. The Kier molecular flexibility index (Phi) is 5.17. The SMILES string of the molecule is CC(C)(C)n1nc(C(=O)NC2CCCNC2)cc1C1CC1.Cl. The van der Waals surface area contributed by atoms with Crippen LogP contribution in [0.3, 0.4) is 0 Å². The van der Waals surface area contributed by atoms with Crippen LogP contribution in [-0.4, -0.2) is 34.8 Å². The predicted octanol–water partition coefficient (Wildman–Crippen LogP) is 2.42. The van der Waals surface area contributed by atoms with Gasteiger partial charge >= 0.3 is 0 Å². The van der Waals surface area contributed by atoms with Crippen LogP contribution in [-0.2, 0) is 5.54 Å². The number of rotatable bonds is 3. The number of amides is 1. The third kappa shape index (κ3) is 3.82. The monoisotopic (exact) mass is 326 g/mol. The van der Waals surface area contributed by atoms with Crippen LogP contribution in [0.2, 0.25) is 0 Å². The number of aromatic nitrogens is 2. The molecule has 1 unspecified atom stereocenters. The van der Waals surface area contributed by atoms with E-state index in [1.54, 1.807) is 0 Å². The molecule has 0 radical (unpaired) electrons. The molecule has 0 bridgehead atoms. The smallest absolute Gasteiger partial charge is 0.272 e. The third-order valence-electron chi connectivity index (χ3n) is 4.23. The van der Waals surface area contributed by atoms with E-state index < -0.39 is 0 Å². The summed E-state index contributed by atoms with van der Waals surface area (Å²) in [5.74, 6) is 0.559. The number of hydrogen-bond donors (Lipinski definition) is 2. The molecule has 1 aromatic heterocycles. The van der Waals surface area contributed by atoms with Gasteiger partial charge in [0.15, 0.2) is 0 Å². The topological polar surface area (TPSA) is 59.0 Å². The number of carbonyl (C=O) groups is 1. The lowest BCUT2D eigenvalue weighted by Crippen LogP contribution is -2.45. The minimum Gasteiger partial charge on any atom is -0.347 e. The van der Waals surface area contributed by atoms with Gasteiger partial charge in [0.2, 0.25) is 0 Å². The van der Waals surface area contributed by atoms with Crippen molar-refractivity contribution < 1.29 is 4.79 Å². The van der Waals surface area contributed by atoms with E-state index in [0.717, 1.165) is 25.9 Å². The van der Waals surface area contributed by atoms with Crippen LogP contribution in [0.1, 0.15) is 68.6 Å². The Morgan fingerprint density at radius 3 is 2.64 bits per heavy atom. The molecule has 1 aliphatic carbocycles. The predicted molar refractivity (Wildman–Crippen MR) is 89.8 cm³/mol. The standard InChI is InChI=1S/C16H26N4O.ClH/c1-16(2,3)20-14(11-6-7-11)9-13(19-20)15(21)18-12-5-4-8-17-10-12;/h9,11-12,17H,4-8,10H2,1-3H3,(H,18,21);1H. The van der Waals surface area contributed by atoms with Gasteiger partial charge in [-0.15, -0.1) is 12.4 Å². The molecule has 0 spiro atoms. The normalized spacial score (nSPS) is 22.0. The molecule has 1 atom stereocenters. The van der Waals surface area contributed by atoms with Gasteiger partial charge in [-0.25, -0.2) is 0 Å². The van der Waals surface area contributed by atoms with E-state index in [1.807, 2.05) is 10.7 Å². The fourth-order valence-corrected chi connectivity index (χ4v) is 2.95. The first-order valence-electron chi connectivity index (χ1n) is 8.07. The number of nitrogens with zero attached hydrogens (tertiary/aromatic N) is 2. The van der Waals surface area contributed by atoms with Crippen molar-refractivity contribution in [1.29, 1.82) is 0 Å². The van der Waals surface area contributed by atoms with E-state index in [1.165, 1.54) is 18.5 Å². The highest BCUT2D eigenvalue weighted by Crippen LogP contribution is 2.41. The Labute approximate surface area is 138 Å². The third-order valence-corrected chi connectivity index (χ3v) is 4.23. The second-order valence-corrected chi connectivity index (χ2v) is 7.33. The zero-order valence-electron chi connectivity index (χ0n) is 13.7. The van der Waals surface area contributed by atoms with Gasteiger partial charge in [0.05, 0.1) is 5.54 Å². The molecular weight excluding hydrogens is 300 g/mol. The van der Waals surface area contributed by atoms with Gasteiger partial charge in [-0.3, -0.25) is 9.48 Å². The molecule has 3 rings (SSSR count). The summed E-state index contributed by atoms with van der Waals surface area (Å²) >= 11 is 0. The zero-order chi connectivity index (χ0) is 15.0. The summed E-state index contributed by atoms with van der Waals surface area (Å²) in [5.41, 5.74) is 1.70. The fraction of sp³-hybridized carbons (Fsp3) is 0.750. The molecule has 124 valence electrons. The Hall–Kier alpha value is -1.07. The zero-order valence-corrected chi connectivity index (χ0v) is 14.5. The summed E-state index contributed by atoms with van der Waals surface area (Å²) in [5, 5.41) is 11.0. The summed E-state index contributed by atoms with van der Waals surface area (Å²) in [7, 11) is 0. The van der Waals surface area contributed by atoms with Crippen molar-refractivity contribution in [2.75, 3.05) is 13.1 Å². The van der Waals surface area contributed by atoms with E-state index in [2.05, 4.69) is 36.5 Å². The number of carbonyl (C=O) groups excluding carboxylic acids is 1. The molecule has 0 aromatic carbocycles. The van der Waals surface area contributed by atoms with Crippen molar-refractivity contribution in [3.63, 3.8) is 0 Å². The Bertz CT molecular complexity index is 525. The molecule has 5 nitrogen and oxygen atoms in total. The number of nitrogens with one attached hydrogen (secondary N) is 2. The lowest BCUT2D eigenvalue weighted by molar-refractivity contribution is 0.0924. The Morgan fingerprint density at radius 1 is 1.36 bits per heavy atom. The Balaban J connectivity index is 0.00000176. The largest absolute Gasteiger partial charge is 0.347 e. The van der Waals surface area contributed by atoms with Crippen LogP contribution < -0.4 is 10.6 Å². The second kappa shape index (κ2) is 6.59. The van der Waals surface area contributed by atoms with Gasteiger partial charge in [0.1, 0.15) is 5.69 Å². The maximum atomic E-state index is 12.4. The molecule has 6 heteroatoms. The first kappa shape index (κ1) is 17.3. The van der Waals surface area contributed by atoms with Gasteiger partial charge in [-0.2, -0.15) is 5.10 Å². The van der Waals surface area contributed by atoms with Gasteiger partial charge in [0.25, 0.3) is 5.91 Å². The van der Waals surface area contributed by atoms with Crippen molar-refractivity contribution in [3.05, 3.63) is 17.5 Å². The van der Waals surface area contributed by atoms with Crippen molar-refractivity contribution >= 4 is 18.3 Å². The maximum absolute atomic E-state index is 12.4. The Morgan fingerprint density at radius 2 is 2.09 bits per heavy atom. The van der Waals surface area contributed by atoms with Crippen LogP contribution >= 0.6 is 12.4 Å². The molecule has 1 amide bonds. The number of halogens is 1. The van der Waals surface area contributed by atoms with Crippen LogP contribution in [0.4, 0.5) is 0 Å². The maximum Gasteiger partial charge on any atom is 0.272 e. The number of hydrogen-bond acceptors (Lipinski definition) is 3. The fourth-order valence-electron chi connectivity index (χ4n) is 2.95. The van der Waals surface area contributed by atoms with Crippen molar-refractivity contribution in [3.8, 4) is 0 Å². The highest BCUT2D eigenvalue weighted by Gasteiger charge is 2.32. The number of piperidine rings is 1. The van der Waals surface area contributed by atoms with Gasteiger partial charge in [-0.1, -0.05) is 0 Å². The molecule has 1 saturated heterocycles. The van der Waals surface area contributed by atoms with Crippen LogP contribution in [0.25, 0.3) is 0 Å². The summed E-state index contributed by atoms with van der Waals surface area (Å²) in [4.78, 5) is 12.4. The average Bonchev–Trinajstić information content (AvgIpc) is 3.16. The van der Waals surface area contributed by atoms with Crippen LogP contribution in [0.5, 0.6) is 0 Å². The molecule has 2 fully saturated rings. The molecule has 2 heterocycles. The minimum atomic E-state index is -0.0805. The summed E-state index contributed by atoms with van der Waals surface area (Å²) < 4.78 is 2.04. The summed E-state index contributed by atoms with van der Waals surface area (Å²) in [6.45, 7) is 8.33. The molecule has 1 aliphatic heterocycles. The van der Waals surface area contributed by atoms with E-state index in [0.29, 0.717) is 11.6 Å². The highest BCUT2D eigenvalue weighted by atomic mass is 35.5. The molecule has 1 saturated carbocycles. The summed E-state index contributed by atoms with van der Waals surface area (Å²) in [6.07, 6.45) is 4.60. The quantitative estimate of drug-likeness (QED) is 0.897. The summed E-state index contributed by atoms with van der Waals surface area (Å²) in [6, 6.07) is 2.23. The first-order valence-corrected chi connectivity index (χ1v) is 8.07. The van der Waals surface area contributed by atoms with Gasteiger partial charge in [0, 0.05) is 24.2 Å². The van der Waals surface area contributed by atoms with Gasteiger partial charge < -0.3 is 10.6 Å². The minimum absolute atomic E-state index is 0.